The first-order valence-electron chi connectivity index (χ1n) is 13.4. The molecule has 2 aliphatic heterocycles. The predicted octanol–water partition coefficient (Wildman–Crippen LogP) is 3.31. The molecule has 4 heterocycles. The molecule has 1 fully saturated rings. The van der Waals surface area contributed by atoms with Gasteiger partial charge in [0.25, 0.3) is 0 Å². The summed E-state index contributed by atoms with van der Waals surface area (Å²) in [6, 6.07) is 7.54. The number of piperazine rings is 1. The fraction of sp³-hybridized carbons (Fsp3) is 0.462. The first-order chi connectivity index (χ1) is 19.0. The Balaban J connectivity index is 1.42. The first kappa shape index (κ1) is 23.7. The minimum atomic E-state index is -2.47. The molecule has 2 aliphatic rings. The number of anilines is 2. The third kappa shape index (κ3) is 5.01. The number of carbonyl (C=O) groups is 1. The molecule has 5 rings (SSSR count). The van der Waals surface area contributed by atoms with E-state index in [-0.39, 0.29) is 25.5 Å². The molecular formula is C26H29F2N7O2S. The topological polar surface area (TPSA) is 102 Å². The SMILES string of the molecule is [2H]C([2H])(C(=O)O)N1CCN(C2Cc3c(N(C)c4nc(-c5ccc(F)cc5)c(C#N)s4)c(CC)nn3CC2F)CC1. The molecular weight excluding hydrogens is 512 g/mol. The number of carboxylic acids is 1. The van der Waals surface area contributed by atoms with Gasteiger partial charge in [-0.25, -0.2) is 13.8 Å². The van der Waals surface area contributed by atoms with E-state index in [1.165, 1.54) is 28.4 Å². The second kappa shape index (κ2) is 10.8. The maximum atomic E-state index is 15.5. The fourth-order valence-corrected chi connectivity index (χ4v) is 6.07. The van der Waals surface area contributed by atoms with Gasteiger partial charge in [0.15, 0.2) is 5.13 Å². The Labute approximate surface area is 226 Å². The lowest BCUT2D eigenvalue weighted by Gasteiger charge is -2.41. The summed E-state index contributed by atoms with van der Waals surface area (Å²) in [4.78, 5) is 21.6. The van der Waals surface area contributed by atoms with Crippen molar-refractivity contribution in [2.75, 3.05) is 44.6 Å². The van der Waals surface area contributed by atoms with Gasteiger partial charge in [0.05, 0.1) is 32.9 Å². The van der Waals surface area contributed by atoms with E-state index in [2.05, 4.69) is 6.07 Å². The summed E-state index contributed by atoms with van der Waals surface area (Å²) in [5, 5.41) is 24.2. The maximum absolute atomic E-state index is 15.5. The van der Waals surface area contributed by atoms with Crippen molar-refractivity contribution in [3.05, 3.63) is 46.3 Å². The Bertz CT molecular complexity index is 1450. The number of aliphatic carboxylic acids is 1. The van der Waals surface area contributed by atoms with Crippen molar-refractivity contribution in [2.45, 2.75) is 38.5 Å². The molecule has 0 radical (unpaired) electrons. The van der Waals surface area contributed by atoms with E-state index in [0.717, 1.165) is 17.1 Å². The molecule has 2 aromatic heterocycles. The third-order valence-corrected chi connectivity index (χ3v) is 8.13. The van der Waals surface area contributed by atoms with Gasteiger partial charge in [0.1, 0.15) is 28.6 Å². The van der Waals surface area contributed by atoms with Crippen LogP contribution in [0.3, 0.4) is 0 Å². The number of benzene rings is 1. The van der Waals surface area contributed by atoms with Gasteiger partial charge >= 0.3 is 5.97 Å². The maximum Gasteiger partial charge on any atom is 0.317 e. The molecule has 12 heteroatoms. The Morgan fingerprint density at radius 2 is 2.03 bits per heavy atom. The minimum absolute atomic E-state index is 0.0686. The molecule has 0 bridgehead atoms. The van der Waals surface area contributed by atoms with Crippen LogP contribution in [0.5, 0.6) is 0 Å². The van der Waals surface area contributed by atoms with Crippen LogP contribution in [0, 0.1) is 17.1 Å². The number of aryl methyl sites for hydroxylation is 1. The molecule has 0 aliphatic carbocycles. The van der Waals surface area contributed by atoms with Crippen molar-refractivity contribution in [1.82, 2.24) is 24.6 Å². The van der Waals surface area contributed by atoms with Crippen molar-refractivity contribution < 1.29 is 21.4 Å². The van der Waals surface area contributed by atoms with Gasteiger partial charge < -0.3 is 10.0 Å². The van der Waals surface area contributed by atoms with Crippen LogP contribution in [0.15, 0.2) is 24.3 Å². The van der Waals surface area contributed by atoms with E-state index in [1.807, 2.05) is 23.8 Å². The van der Waals surface area contributed by atoms with Crippen LogP contribution in [-0.4, -0.2) is 87.6 Å². The second-order valence-corrected chi connectivity index (χ2v) is 10.3. The highest BCUT2D eigenvalue weighted by atomic mass is 32.1. The zero-order chi connectivity index (χ0) is 28.8. The standard InChI is InChI=1S/C26H29F2N7O2S/c1-3-19-25(32(2)26-30-24(22(13-29)38-26)16-4-6-17(27)7-5-16)21-12-20(18(28)14-35(21)31-19)34-10-8-33(9-11-34)15-23(36)37/h4-7,18,20H,3,8-12,14-15H2,1-2H3,(H,36,37)/i15D2. The number of aromatic nitrogens is 3. The molecule has 200 valence electrons. The quantitative estimate of drug-likeness (QED) is 0.485. The van der Waals surface area contributed by atoms with Crippen LogP contribution < -0.4 is 4.90 Å². The average molecular weight is 544 g/mol. The first-order valence-corrected chi connectivity index (χ1v) is 13.2. The van der Waals surface area contributed by atoms with Gasteiger partial charge in [-0.05, 0) is 30.7 Å². The lowest BCUT2D eigenvalue weighted by Crippen LogP contribution is -2.56. The molecule has 38 heavy (non-hydrogen) atoms. The molecule has 1 aromatic carbocycles. The van der Waals surface area contributed by atoms with Crippen molar-refractivity contribution in [1.29, 1.82) is 5.26 Å². The largest absolute Gasteiger partial charge is 0.480 e. The Morgan fingerprint density at radius 1 is 1.32 bits per heavy atom. The number of nitriles is 1. The van der Waals surface area contributed by atoms with Crippen LogP contribution in [0.2, 0.25) is 0 Å². The average Bonchev–Trinajstić information content (AvgIpc) is 3.54. The van der Waals surface area contributed by atoms with Gasteiger partial charge in [-0.2, -0.15) is 10.4 Å². The fourth-order valence-electron chi connectivity index (χ4n) is 5.22. The van der Waals surface area contributed by atoms with Gasteiger partial charge in [0.2, 0.25) is 0 Å². The molecule has 0 saturated carbocycles. The van der Waals surface area contributed by atoms with Gasteiger partial charge in [-0.15, -0.1) is 0 Å². The normalized spacial score (nSPS) is 21.3. The number of hydrogen-bond donors (Lipinski definition) is 1. The summed E-state index contributed by atoms with van der Waals surface area (Å²) in [5.74, 6) is -1.91. The van der Waals surface area contributed by atoms with E-state index in [1.54, 1.807) is 16.8 Å². The van der Waals surface area contributed by atoms with E-state index >= 15 is 4.39 Å². The van der Waals surface area contributed by atoms with Gasteiger partial charge in [0, 0.05) is 51.3 Å². The summed E-state index contributed by atoms with van der Waals surface area (Å²) in [5.41, 5.74) is 3.53. The number of halogens is 2. The molecule has 0 spiro atoms. The summed E-state index contributed by atoms with van der Waals surface area (Å²) in [6.07, 6.45) is -0.236. The van der Waals surface area contributed by atoms with E-state index in [9.17, 15) is 19.6 Å². The number of carboxylic acid groups (broad SMARTS) is 1. The molecule has 9 nitrogen and oxygen atoms in total. The van der Waals surface area contributed by atoms with E-state index in [4.69, 9.17) is 12.8 Å². The number of fused-ring (bicyclic) bond motifs is 1. The minimum Gasteiger partial charge on any atom is -0.480 e. The Hall–Kier alpha value is -3.40. The number of thiazole rings is 1. The van der Waals surface area contributed by atoms with Gasteiger partial charge in [-0.3, -0.25) is 19.3 Å². The Kier molecular flexibility index (Phi) is 6.71. The predicted molar refractivity (Wildman–Crippen MR) is 140 cm³/mol. The van der Waals surface area contributed by atoms with Crippen molar-refractivity contribution in [2.24, 2.45) is 0 Å². The number of hydrogen-bond acceptors (Lipinski definition) is 8. The summed E-state index contributed by atoms with van der Waals surface area (Å²) in [7, 11) is 1.84. The number of nitrogens with zero attached hydrogens (tertiary/aromatic N) is 7. The second-order valence-electron chi connectivity index (χ2n) is 9.36. The molecule has 1 saturated heterocycles. The summed E-state index contributed by atoms with van der Waals surface area (Å²) in [6.45, 7) is 0.611. The van der Waals surface area contributed by atoms with Crippen LogP contribution in [0.4, 0.5) is 19.6 Å². The number of rotatable bonds is 7. The number of alkyl halides is 1. The van der Waals surface area contributed by atoms with Crippen molar-refractivity contribution >= 4 is 28.1 Å². The zero-order valence-corrected chi connectivity index (χ0v) is 21.9. The Morgan fingerprint density at radius 3 is 2.66 bits per heavy atom. The molecule has 1 N–H and O–H groups in total. The summed E-state index contributed by atoms with van der Waals surface area (Å²) >= 11 is 1.22. The van der Waals surface area contributed by atoms with Crippen LogP contribution in [0.25, 0.3) is 11.3 Å². The van der Waals surface area contributed by atoms with E-state index in [0.29, 0.717) is 47.2 Å². The van der Waals surface area contributed by atoms with E-state index < -0.39 is 24.7 Å². The van der Waals surface area contributed by atoms with Crippen LogP contribution in [-0.2, 0) is 24.2 Å². The lowest BCUT2D eigenvalue weighted by atomic mass is 9.98. The molecule has 2 unspecified atom stereocenters. The van der Waals surface area contributed by atoms with Gasteiger partial charge in [-0.1, -0.05) is 18.3 Å². The third-order valence-electron chi connectivity index (χ3n) is 7.10. The highest BCUT2D eigenvalue weighted by molar-refractivity contribution is 7.16. The smallest absolute Gasteiger partial charge is 0.317 e. The zero-order valence-electron chi connectivity index (χ0n) is 23.1. The van der Waals surface area contributed by atoms with Crippen molar-refractivity contribution in [3.8, 4) is 17.3 Å². The molecule has 0 amide bonds. The molecule has 3 aromatic rings. The lowest BCUT2D eigenvalue weighted by molar-refractivity contribution is -0.138. The van der Waals surface area contributed by atoms with Crippen molar-refractivity contribution in [3.63, 3.8) is 0 Å². The molecule has 2 atom stereocenters. The van der Waals surface area contributed by atoms with Crippen LogP contribution in [0.1, 0.15) is 25.9 Å². The highest BCUT2D eigenvalue weighted by Gasteiger charge is 2.38. The monoisotopic (exact) mass is 543 g/mol. The highest BCUT2D eigenvalue weighted by Crippen LogP contribution is 2.40. The summed E-state index contributed by atoms with van der Waals surface area (Å²) < 4.78 is 46.3. The van der Waals surface area contributed by atoms with Crippen LogP contribution >= 0.6 is 11.3 Å².